The summed E-state index contributed by atoms with van der Waals surface area (Å²) in [4.78, 5) is 34.3. The number of phenols is 1. The summed E-state index contributed by atoms with van der Waals surface area (Å²) in [5.41, 5.74) is 6.07. The molecule has 2 amide bonds. The number of benzene rings is 4. The minimum Gasteiger partial charge on any atom is -0.508 e. The smallest absolute Gasteiger partial charge is 0.264 e. The zero-order chi connectivity index (χ0) is 31.7. The van der Waals surface area contributed by atoms with Crippen molar-refractivity contribution in [3.05, 3.63) is 142 Å². The van der Waals surface area contributed by atoms with E-state index in [1.54, 1.807) is 53.6 Å². The van der Waals surface area contributed by atoms with Gasteiger partial charge in [0.1, 0.15) is 5.75 Å². The van der Waals surface area contributed by atoms with Gasteiger partial charge in [0.2, 0.25) is 0 Å². The molecule has 0 aliphatic carbocycles. The third-order valence-corrected chi connectivity index (χ3v) is 8.46. The quantitative estimate of drug-likeness (QED) is 0.209. The van der Waals surface area contributed by atoms with Gasteiger partial charge in [0.25, 0.3) is 11.8 Å². The fourth-order valence-electron chi connectivity index (χ4n) is 6.09. The number of aromatic nitrogens is 1. The van der Waals surface area contributed by atoms with Crippen LogP contribution in [-0.4, -0.2) is 58.0 Å². The molecule has 0 saturated carbocycles. The van der Waals surface area contributed by atoms with Gasteiger partial charge in [-0.1, -0.05) is 54.1 Å². The van der Waals surface area contributed by atoms with E-state index in [9.17, 15) is 14.7 Å². The van der Waals surface area contributed by atoms with E-state index in [0.29, 0.717) is 39.8 Å². The highest BCUT2D eigenvalue weighted by Crippen LogP contribution is 2.32. The lowest BCUT2D eigenvalue weighted by atomic mass is 9.93. The first-order chi connectivity index (χ1) is 21.7. The van der Waals surface area contributed by atoms with E-state index in [4.69, 9.17) is 11.6 Å². The summed E-state index contributed by atoms with van der Waals surface area (Å²) in [5, 5.41) is 10.4. The largest absolute Gasteiger partial charge is 0.508 e. The third kappa shape index (κ3) is 6.23. The maximum absolute atomic E-state index is 14.4. The van der Waals surface area contributed by atoms with E-state index >= 15 is 0 Å². The molecule has 1 aliphatic rings. The number of hydrogen-bond donors (Lipinski definition) is 1. The first-order valence-corrected chi connectivity index (χ1v) is 15.3. The zero-order valence-corrected chi connectivity index (χ0v) is 26.3. The molecule has 0 saturated heterocycles. The van der Waals surface area contributed by atoms with Crippen LogP contribution in [0.1, 0.15) is 37.5 Å². The molecule has 1 atom stereocenters. The Labute approximate surface area is 268 Å². The molecule has 1 N–H and O–H groups in total. The fourth-order valence-corrected chi connectivity index (χ4v) is 6.26. The number of para-hydroxylation sites is 1. The molecule has 5 aromatic rings. The number of fused-ring (bicyclic) bond motifs is 1. The van der Waals surface area contributed by atoms with Gasteiger partial charge in [0.15, 0.2) is 0 Å². The summed E-state index contributed by atoms with van der Waals surface area (Å²) < 4.78 is 1.87. The number of aryl methyl sites for hydroxylation is 1. The van der Waals surface area contributed by atoms with Crippen molar-refractivity contribution in [2.45, 2.75) is 25.9 Å². The molecule has 7 nitrogen and oxygen atoms in total. The average Bonchev–Trinajstić information content (AvgIpc) is 3.43. The molecule has 45 heavy (non-hydrogen) atoms. The van der Waals surface area contributed by atoms with E-state index in [1.807, 2.05) is 73.0 Å². The SMILES string of the molecule is Cc1cc(C(=O)N(c2ccccc2)c2ccc(O)cc2)cn1-c1cc(Cl)ccc1C(=O)N1Cc2ccccc2C[C@H]1CN(C)C. The molecule has 2 heterocycles. The van der Waals surface area contributed by atoms with Gasteiger partial charge >= 0.3 is 0 Å². The van der Waals surface area contributed by atoms with Crippen LogP contribution in [0.2, 0.25) is 5.02 Å². The van der Waals surface area contributed by atoms with Crippen LogP contribution in [0.4, 0.5) is 11.4 Å². The Morgan fingerprint density at radius 1 is 0.867 bits per heavy atom. The topological polar surface area (TPSA) is 69.0 Å². The minimum absolute atomic E-state index is 0.00133. The van der Waals surface area contributed by atoms with E-state index in [-0.39, 0.29) is 23.6 Å². The summed E-state index contributed by atoms with van der Waals surface area (Å²) in [7, 11) is 4.05. The van der Waals surface area contributed by atoms with Crippen LogP contribution in [0.25, 0.3) is 5.69 Å². The number of hydrogen-bond acceptors (Lipinski definition) is 4. The maximum Gasteiger partial charge on any atom is 0.264 e. The second kappa shape index (κ2) is 12.6. The molecule has 0 spiro atoms. The van der Waals surface area contributed by atoms with Crippen molar-refractivity contribution in [3.63, 3.8) is 0 Å². The number of anilines is 2. The van der Waals surface area contributed by atoms with Gasteiger partial charge in [-0.15, -0.1) is 0 Å². The zero-order valence-electron chi connectivity index (χ0n) is 25.5. The van der Waals surface area contributed by atoms with Crippen molar-refractivity contribution in [1.29, 1.82) is 0 Å². The number of carbonyl (C=O) groups is 2. The standard InChI is InChI=1S/C37H35ClN4O3/c1-25-19-28(36(44)42(30-11-5-4-6-12-30)31-14-16-33(43)17-15-31)23-40(25)35-21-29(38)13-18-34(35)37(45)41-22-27-10-8-7-9-26(27)20-32(41)24-39(2)3/h4-19,21,23,32,43H,20,22,24H2,1-3H3/t32-/m0/s1. The number of likely N-dealkylation sites (N-methyl/N-ethyl adjacent to an activating group) is 1. The molecule has 0 fully saturated rings. The van der Waals surface area contributed by atoms with Crippen LogP contribution in [0.15, 0.2) is 109 Å². The van der Waals surface area contributed by atoms with E-state index in [0.717, 1.165) is 24.2 Å². The van der Waals surface area contributed by atoms with Gasteiger partial charge in [-0.3, -0.25) is 14.5 Å². The summed E-state index contributed by atoms with van der Waals surface area (Å²) in [6, 6.07) is 31.3. The Morgan fingerprint density at radius 2 is 1.53 bits per heavy atom. The minimum atomic E-state index is -0.248. The summed E-state index contributed by atoms with van der Waals surface area (Å²) >= 11 is 6.53. The Bertz CT molecular complexity index is 1850. The molecule has 6 rings (SSSR count). The van der Waals surface area contributed by atoms with Gasteiger partial charge in [-0.05, 0) is 99.2 Å². The lowest BCUT2D eigenvalue weighted by Gasteiger charge is -2.38. The van der Waals surface area contributed by atoms with Gasteiger partial charge in [0, 0.05) is 47.4 Å². The molecule has 0 radical (unpaired) electrons. The van der Waals surface area contributed by atoms with Crippen LogP contribution in [0.3, 0.4) is 0 Å². The van der Waals surface area contributed by atoms with E-state index in [1.165, 1.54) is 5.56 Å². The number of halogens is 1. The van der Waals surface area contributed by atoms with Gasteiger partial charge in [-0.25, -0.2) is 0 Å². The molecule has 8 heteroatoms. The lowest BCUT2D eigenvalue weighted by molar-refractivity contribution is 0.0606. The van der Waals surface area contributed by atoms with Gasteiger partial charge in [0.05, 0.1) is 16.8 Å². The Morgan fingerprint density at radius 3 is 2.24 bits per heavy atom. The van der Waals surface area contributed by atoms with Crippen LogP contribution >= 0.6 is 11.6 Å². The second-order valence-corrected chi connectivity index (χ2v) is 12.2. The number of rotatable bonds is 7. The number of carbonyl (C=O) groups excluding carboxylic acids is 2. The highest BCUT2D eigenvalue weighted by molar-refractivity contribution is 6.31. The molecule has 1 aromatic heterocycles. The first-order valence-electron chi connectivity index (χ1n) is 14.9. The molecule has 228 valence electrons. The second-order valence-electron chi connectivity index (χ2n) is 11.7. The predicted molar refractivity (Wildman–Crippen MR) is 179 cm³/mol. The van der Waals surface area contributed by atoms with Crippen LogP contribution in [0.5, 0.6) is 5.75 Å². The van der Waals surface area contributed by atoms with Gasteiger partial charge in [-0.2, -0.15) is 0 Å². The predicted octanol–water partition coefficient (Wildman–Crippen LogP) is 7.25. The lowest BCUT2D eigenvalue weighted by Crippen LogP contribution is -2.49. The molecule has 0 unspecified atom stereocenters. The Hall–Kier alpha value is -4.85. The monoisotopic (exact) mass is 618 g/mol. The van der Waals surface area contributed by atoms with Crippen molar-refractivity contribution < 1.29 is 14.7 Å². The Balaban J connectivity index is 1.39. The van der Waals surface area contributed by atoms with Crippen molar-refractivity contribution in [2.24, 2.45) is 0 Å². The van der Waals surface area contributed by atoms with Crippen LogP contribution < -0.4 is 4.90 Å². The van der Waals surface area contributed by atoms with E-state index in [2.05, 4.69) is 23.1 Å². The van der Waals surface area contributed by atoms with Crippen molar-refractivity contribution in [2.75, 3.05) is 25.5 Å². The molecular weight excluding hydrogens is 584 g/mol. The highest BCUT2D eigenvalue weighted by atomic mass is 35.5. The number of amides is 2. The molecule has 1 aliphatic heterocycles. The number of aromatic hydroxyl groups is 1. The summed E-state index contributed by atoms with van der Waals surface area (Å²) in [6.45, 7) is 3.16. The average molecular weight is 619 g/mol. The highest BCUT2D eigenvalue weighted by Gasteiger charge is 2.32. The molecule has 0 bridgehead atoms. The normalized spacial score (nSPS) is 14.3. The van der Waals surface area contributed by atoms with E-state index < -0.39 is 0 Å². The first kappa shape index (κ1) is 30.2. The van der Waals surface area contributed by atoms with Crippen LogP contribution in [-0.2, 0) is 13.0 Å². The summed E-state index contributed by atoms with van der Waals surface area (Å²) in [5.74, 6) is -0.217. The molecular formula is C37H35ClN4O3. The van der Waals surface area contributed by atoms with Crippen LogP contribution in [0, 0.1) is 6.92 Å². The summed E-state index contributed by atoms with van der Waals surface area (Å²) in [6.07, 6.45) is 2.54. The number of nitrogens with zero attached hydrogens (tertiary/aromatic N) is 4. The van der Waals surface area contributed by atoms with Gasteiger partial charge < -0.3 is 19.5 Å². The number of phenolic OH excluding ortho intramolecular Hbond substituents is 1. The maximum atomic E-state index is 14.4. The van der Waals surface area contributed by atoms with Crippen molar-refractivity contribution in [3.8, 4) is 11.4 Å². The van der Waals surface area contributed by atoms with Crippen molar-refractivity contribution >= 4 is 34.8 Å². The molecule has 4 aromatic carbocycles. The third-order valence-electron chi connectivity index (χ3n) is 8.23. The van der Waals surface area contributed by atoms with Crippen molar-refractivity contribution in [1.82, 2.24) is 14.4 Å². The fraction of sp³-hybridized carbons (Fsp3) is 0.189. The Kier molecular flexibility index (Phi) is 8.48.